The Balaban J connectivity index is 2.48. The number of rotatable bonds is 3. The number of hydrogen-bond acceptors (Lipinski definition) is 3. The molecule has 0 unspecified atom stereocenters. The van der Waals surface area contributed by atoms with Crippen molar-refractivity contribution in [3.05, 3.63) is 46.0 Å². The molecule has 0 atom stereocenters. The van der Waals surface area contributed by atoms with Crippen molar-refractivity contribution in [2.24, 2.45) is 0 Å². The Labute approximate surface area is 117 Å². The number of aromatic nitrogens is 2. The third-order valence-electron chi connectivity index (χ3n) is 3.43. The van der Waals surface area contributed by atoms with Crippen molar-refractivity contribution in [3.8, 4) is 0 Å². The van der Waals surface area contributed by atoms with Crippen molar-refractivity contribution in [1.29, 1.82) is 0 Å². The van der Waals surface area contributed by atoms with Gasteiger partial charge in [-0.1, -0.05) is 13.0 Å². The van der Waals surface area contributed by atoms with Gasteiger partial charge in [-0.05, 0) is 38.8 Å². The molecule has 0 spiro atoms. The third-order valence-corrected chi connectivity index (χ3v) is 3.43. The first-order valence-electron chi connectivity index (χ1n) is 6.64. The second-order valence-electron chi connectivity index (χ2n) is 5.60. The standard InChI is InChI=1S/C15H19N3O2/c1-5-15(3,4)17-13(19)11-8-16-12-7-6-10(2)9-18(12)14(11)20/h6-9H,5H2,1-4H3,(H,17,19). The summed E-state index contributed by atoms with van der Waals surface area (Å²) in [5.41, 5.74) is 0.841. The number of amides is 1. The second-order valence-corrected chi connectivity index (χ2v) is 5.60. The van der Waals surface area contributed by atoms with Gasteiger partial charge < -0.3 is 5.32 Å². The van der Waals surface area contributed by atoms with Gasteiger partial charge in [0.1, 0.15) is 11.2 Å². The van der Waals surface area contributed by atoms with Crippen molar-refractivity contribution in [2.45, 2.75) is 39.7 Å². The Morgan fingerprint density at radius 3 is 2.75 bits per heavy atom. The van der Waals surface area contributed by atoms with E-state index >= 15 is 0 Å². The number of nitrogens with zero attached hydrogens (tertiary/aromatic N) is 2. The van der Waals surface area contributed by atoms with Crippen LogP contribution in [-0.2, 0) is 0 Å². The van der Waals surface area contributed by atoms with Crippen LogP contribution in [0.4, 0.5) is 0 Å². The summed E-state index contributed by atoms with van der Waals surface area (Å²) >= 11 is 0. The largest absolute Gasteiger partial charge is 0.347 e. The van der Waals surface area contributed by atoms with Crippen LogP contribution in [0.15, 0.2) is 29.3 Å². The van der Waals surface area contributed by atoms with Crippen LogP contribution < -0.4 is 10.9 Å². The summed E-state index contributed by atoms with van der Waals surface area (Å²) in [6.07, 6.45) is 3.81. The molecule has 0 aliphatic carbocycles. The maximum absolute atomic E-state index is 12.4. The van der Waals surface area contributed by atoms with E-state index < -0.39 is 0 Å². The molecule has 1 N–H and O–H groups in total. The normalized spacial score (nSPS) is 11.6. The first-order valence-corrected chi connectivity index (χ1v) is 6.64. The highest BCUT2D eigenvalue weighted by Gasteiger charge is 2.21. The lowest BCUT2D eigenvalue weighted by Gasteiger charge is -2.24. The molecule has 0 saturated heterocycles. The van der Waals surface area contributed by atoms with Crippen LogP contribution in [0.3, 0.4) is 0 Å². The van der Waals surface area contributed by atoms with Gasteiger partial charge in [0.15, 0.2) is 0 Å². The van der Waals surface area contributed by atoms with Gasteiger partial charge in [-0.15, -0.1) is 0 Å². The zero-order valence-electron chi connectivity index (χ0n) is 12.2. The van der Waals surface area contributed by atoms with Gasteiger partial charge in [0.05, 0.1) is 0 Å². The van der Waals surface area contributed by atoms with Gasteiger partial charge in [0.25, 0.3) is 11.5 Å². The molecule has 0 aliphatic rings. The Bertz CT molecular complexity index is 717. The van der Waals surface area contributed by atoms with Crippen molar-refractivity contribution in [2.75, 3.05) is 0 Å². The van der Waals surface area contributed by atoms with E-state index in [1.54, 1.807) is 12.3 Å². The number of pyridine rings is 1. The minimum atomic E-state index is -0.384. The molecule has 2 aromatic heterocycles. The van der Waals surface area contributed by atoms with E-state index in [0.29, 0.717) is 5.65 Å². The molecule has 5 nitrogen and oxygen atoms in total. The Hall–Kier alpha value is -2.17. The molecular weight excluding hydrogens is 254 g/mol. The van der Waals surface area contributed by atoms with Gasteiger partial charge in [-0.25, -0.2) is 4.98 Å². The summed E-state index contributed by atoms with van der Waals surface area (Å²) in [6.45, 7) is 7.70. The fourth-order valence-corrected chi connectivity index (χ4v) is 1.80. The minimum Gasteiger partial charge on any atom is -0.347 e. The van der Waals surface area contributed by atoms with Crippen molar-refractivity contribution < 1.29 is 4.79 Å². The summed E-state index contributed by atoms with van der Waals surface area (Å²) in [5, 5.41) is 2.85. The quantitative estimate of drug-likeness (QED) is 0.929. The predicted octanol–water partition coefficient (Wildman–Crippen LogP) is 1.92. The predicted molar refractivity (Wildman–Crippen MR) is 78.0 cm³/mol. The molecule has 0 radical (unpaired) electrons. The lowest BCUT2D eigenvalue weighted by molar-refractivity contribution is 0.0909. The van der Waals surface area contributed by atoms with Crippen molar-refractivity contribution in [3.63, 3.8) is 0 Å². The zero-order valence-corrected chi connectivity index (χ0v) is 12.2. The fourth-order valence-electron chi connectivity index (χ4n) is 1.80. The summed E-state index contributed by atoms with van der Waals surface area (Å²) in [5.74, 6) is -0.384. The second kappa shape index (κ2) is 5.07. The first-order chi connectivity index (χ1) is 9.34. The molecule has 0 fully saturated rings. The van der Waals surface area contributed by atoms with Crippen LogP contribution >= 0.6 is 0 Å². The van der Waals surface area contributed by atoms with Gasteiger partial charge in [-0.2, -0.15) is 0 Å². The number of carbonyl (C=O) groups excluding carboxylic acids is 1. The van der Waals surface area contributed by atoms with Crippen LogP contribution in [0.1, 0.15) is 43.1 Å². The highest BCUT2D eigenvalue weighted by atomic mass is 16.2. The van der Waals surface area contributed by atoms with Crippen LogP contribution in [0.5, 0.6) is 0 Å². The number of fused-ring (bicyclic) bond motifs is 1. The number of nitrogens with one attached hydrogen (secondary N) is 1. The van der Waals surface area contributed by atoms with Gasteiger partial charge >= 0.3 is 0 Å². The number of hydrogen-bond donors (Lipinski definition) is 1. The Morgan fingerprint density at radius 1 is 1.40 bits per heavy atom. The highest BCUT2D eigenvalue weighted by Crippen LogP contribution is 2.08. The van der Waals surface area contributed by atoms with E-state index in [1.165, 1.54) is 10.6 Å². The van der Waals surface area contributed by atoms with Crippen LogP contribution in [0.2, 0.25) is 0 Å². The van der Waals surface area contributed by atoms with E-state index in [-0.39, 0.29) is 22.6 Å². The minimum absolute atomic E-state index is 0.0645. The molecule has 20 heavy (non-hydrogen) atoms. The SMILES string of the molecule is CCC(C)(C)NC(=O)c1cnc2ccc(C)cn2c1=O. The first kappa shape index (κ1) is 14.2. The van der Waals surface area contributed by atoms with Crippen LogP contribution in [0, 0.1) is 6.92 Å². The summed E-state index contributed by atoms with van der Waals surface area (Å²) in [4.78, 5) is 28.7. The molecule has 0 bridgehead atoms. The highest BCUT2D eigenvalue weighted by molar-refractivity contribution is 5.94. The number of carbonyl (C=O) groups is 1. The lowest BCUT2D eigenvalue weighted by Crippen LogP contribution is -2.44. The fraction of sp³-hybridized carbons (Fsp3) is 0.400. The Kier molecular flexibility index (Phi) is 3.61. The molecule has 2 aromatic rings. The van der Waals surface area contributed by atoms with E-state index in [0.717, 1.165) is 12.0 Å². The van der Waals surface area contributed by atoms with E-state index in [1.807, 2.05) is 33.8 Å². The van der Waals surface area contributed by atoms with E-state index in [2.05, 4.69) is 10.3 Å². The average molecular weight is 273 g/mol. The van der Waals surface area contributed by atoms with Gasteiger partial charge in [-0.3, -0.25) is 14.0 Å². The molecule has 0 aromatic carbocycles. The van der Waals surface area contributed by atoms with Crippen molar-refractivity contribution >= 4 is 11.6 Å². The van der Waals surface area contributed by atoms with Crippen LogP contribution in [-0.4, -0.2) is 20.8 Å². The molecule has 0 aliphatic heterocycles. The summed E-state index contributed by atoms with van der Waals surface area (Å²) < 4.78 is 1.41. The van der Waals surface area contributed by atoms with E-state index in [9.17, 15) is 9.59 Å². The third kappa shape index (κ3) is 2.71. The smallest absolute Gasteiger partial charge is 0.270 e. The molecule has 0 saturated carbocycles. The maximum atomic E-state index is 12.4. The summed E-state index contributed by atoms with van der Waals surface area (Å²) in [6, 6.07) is 3.64. The summed E-state index contributed by atoms with van der Waals surface area (Å²) in [7, 11) is 0. The zero-order chi connectivity index (χ0) is 14.9. The van der Waals surface area contributed by atoms with Crippen molar-refractivity contribution in [1.82, 2.24) is 14.7 Å². The monoisotopic (exact) mass is 273 g/mol. The Morgan fingerprint density at radius 2 is 2.10 bits per heavy atom. The van der Waals surface area contributed by atoms with E-state index in [4.69, 9.17) is 0 Å². The molecule has 2 rings (SSSR count). The molecule has 5 heteroatoms. The molecule has 1 amide bonds. The topological polar surface area (TPSA) is 63.5 Å². The number of aryl methyl sites for hydroxylation is 1. The van der Waals surface area contributed by atoms with Crippen LogP contribution in [0.25, 0.3) is 5.65 Å². The van der Waals surface area contributed by atoms with Gasteiger partial charge in [0, 0.05) is 17.9 Å². The maximum Gasteiger partial charge on any atom is 0.270 e. The molecule has 2 heterocycles. The molecular formula is C15H19N3O2. The lowest BCUT2D eigenvalue weighted by atomic mass is 10.0. The molecule has 106 valence electrons. The average Bonchev–Trinajstić information content (AvgIpc) is 2.39. The van der Waals surface area contributed by atoms with Gasteiger partial charge in [0.2, 0.25) is 0 Å².